The lowest BCUT2D eigenvalue weighted by Crippen LogP contribution is -1.86. The minimum Gasteiger partial charge on any atom is -0.207 e. The van der Waals surface area contributed by atoms with Crippen molar-refractivity contribution in [2.24, 2.45) is 0 Å². The van der Waals surface area contributed by atoms with Crippen LogP contribution in [0.5, 0.6) is 0 Å². The molecule has 25 heavy (non-hydrogen) atoms. The van der Waals surface area contributed by atoms with Crippen molar-refractivity contribution in [1.82, 2.24) is 0 Å². The Hall–Kier alpha value is -3.26. The molecule has 1 heterocycles. The van der Waals surface area contributed by atoms with Crippen LogP contribution in [0.2, 0.25) is 0 Å². The van der Waals surface area contributed by atoms with E-state index in [9.17, 15) is 4.39 Å². The smallest absolute Gasteiger partial charge is 0.207 e. The van der Waals surface area contributed by atoms with Gasteiger partial charge in [-0.05, 0) is 42.0 Å². The third kappa shape index (κ3) is 3.33. The summed E-state index contributed by atoms with van der Waals surface area (Å²) in [4.78, 5) is 0. The molecule has 0 bridgehead atoms. The van der Waals surface area contributed by atoms with Crippen molar-refractivity contribution in [2.45, 2.75) is 0 Å². The van der Waals surface area contributed by atoms with Gasteiger partial charge in [0.05, 0.1) is 23.3 Å². The van der Waals surface area contributed by atoms with E-state index in [4.69, 9.17) is 4.42 Å². The third-order valence-corrected chi connectivity index (χ3v) is 4.09. The molecule has 0 unspecified atom stereocenters. The maximum atomic E-state index is 13.3. The molecule has 3 aromatic carbocycles. The molecule has 0 aliphatic rings. The fourth-order valence-electron chi connectivity index (χ4n) is 2.80. The van der Waals surface area contributed by atoms with Gasteiger partial charge in [0.25, 0.3) is 0 Å². The van der Waals surface area contributed by atoms with Gasteiger partial charge in [0.1, 0.15) is 5.82 Å². The van der Waals surface area contributed by atoms with E-state index in [2.05, 4.69) is 0 Å². The molecule has 0 spiro atoms. The molecule has 0 fully saturated rings. The summed E-state index contributed by atoms with van der Waals surface area (Å²) in [6, 6.07) is 30.5. The number of benzene rings is 3. The van der Waals surface area contributed by atoms with Crippen molar-refractivity contribution in [3.63, 3.8) is 0 Å². The van der Waals surface area contributed by atoms with E-state index in [1.807, 2.05) is 72.8 Å². The molecule has 0 N–H and O–H groups in total. The van der Waals surface area contributed by atoms with Crippen LogP contribution in [-0.4, -0.2) is 0 Å². The molecule has 0 atom stereocenters. The van der Waals surface area contributed by atoms with Gasteiger partial charge in [-0.3, -0.25) is 0 Å². The summed E-state index contributed by atoms with van der Waals surface area (Å²) in [5.74, 6) is 1.32. The first-order valence-corrected chi connectivity index (χ1v) is 8.14. The Morgan fingerprint density at radius 3 is 1.44 bits per heavy atom. The maximum absolute atomic E-state index is 13.3. The lowest BCUT2D eigenvalue weighted by atomic mass is 10.0. The Labute approximate surface area is 146 Å². The van der Waals surface area contributed by atoms with Gasteiger partial charge in [-0.15, -0.1) is 0 Å². The predicted octanol–water partition coefficient (Wildman–Crippen LogP) is 6.70. The highest BCUT2D eigenvalue weighted by Crippen LogP contribution is 2.32. The molecule has 0 radical (unpaired) electrons. The van der Waals surface area contributed by atoms with Crippen LogP contribution < -0.4 is 0 Å². The van der Waals surface area contributed by atoms with Crippen molar-refractivity contribution in [3.8, 4) is 33.8 Å². The zero-order valence-electron chi connectivity index (χ0n) is 13.5. The molecule has 0 amide bonds. The summed E-state index contributed by atoms with van der Waals surface area (Å²) in [7, 11) is 0. The van der Waals surface area contributed by atoms with E-state index in [1.165, 1.54) is 12.1 Å². The highest BCUT2D eigenvalue weighted by atomic mass is 19.1. The minimum atomic E-state index is -0.240. The second-order valence-electron chi connectivity index (χ2n) is 5.81. The zero-order chi connectivity index (χ0) is 17.1. The third-order valence-electron chi connectivity index (χ3n) is 4.09. The standard InChI is InChI=1S/C23H16FO/c24-21-13-11-17(12-14-21)20-15-22(18-7-3-1-4-8-18)25-23(16-20)19-9-5-2-6-10-19/h1-16H/q+1. The predicted molar refractivity (Wildman–Crippen MR) is 99.4 cm³/mol. The van der Waals surface area contributed by atoms with Crippen molar-refractivity contribution < 1.29 is 8.81 Å². The molecule has 2 heteroatoms. The first kappa shape index (κ1) is 15.3. The molecule has 0 aliphatic carbocycles. The quantitative estimate of drug-likeness (QED) is 0.381. The summed E-state index contributed by atoms with van der Waals surface area (Å²) < 4.78 is 19.4. The zero-order valence-corrected chi connectivity index (χ0v) is 13.5. The van der Waals surface area contributed by atoms with Crippen LogP contribution in [0.15, 0.2) is 101 Å². The molecule has 0 saturated heterocycles. The van der Waals surface area contributed by atoms with Gasteiger partial charge in [0.15, 0.2) is 0 Å². The fourth-order valence-corrected chi connectivity index (χ4v) is 2.80. The first-order valence-electron chi connectivity index (χ1n) is 8.14. The normalized spacial score (nSPS) is 10.6. The van der Waals surface area contributed by atoms with E-state index in [0.717, 1.165) is 33.8 Å². The molecule has 1 nitrogen and oxygen atoms in total. The van der Waals surface area contributed by atoms with Crippen LogP contribution in [0.1, 0.15) is 0 Å². The van der Waals surface area contributed by atoms with Crippen molar-refractivity contribution in [2.75, 3.05) is 0 Å². The molecular formula is C23H16FO+. The first-order chi connectivity index (χ1) is 12.3. The van der Waals surface area contributed by atoms with Crippen molar-refractivity contribution in [1.29, 1.82) is 0 Å². The molecule has 0 aliphatic heterocycles. The second-order valence-corrected chi connectivity index (χ2v) is 5.81. The van der Waals surface area contributed by atoms with Crippen LogP contribution in [0, 0.1) is 5.82 Å². The van der Waals surface area contributed by atoms with Gasteiger partial charge in [-0.2, -0.15) is 0 Å². The monoisotopic (exact) mass is 327 g/mol. The van der Waals surface area contributed by atoms with Crippen molar-refractivity contribution >= 4 is 0 Å². The number of halogens is 1. The van der Waals surface area contributed by atoms with Gasteiger partial charge in [-0.1, -0.05) is 48.5 Å². The Morgan fingerprint density at radius 1 is 0.480 bits per heavy atom. The minimum absolute atomic E-state index is 0.240. The van der Waals surface area contributed by atoms with E-state index in [-0.39, 0.29) is 5.82 Å². The van der Waals surface area contributed by atoms with Gasteiger partial charge < -0.3 is 0 Å². The van der Waals surface area contributed by atoms with Crippen LogP contribution in [0.3, 0.4) is 0 Å². The van der Waals surface area contributed by atoms with E-state index in [1.54, 1.807) is 12.1 Å². The highest BCUT2D eigenvalue weighted by Gasteiger charge is 2.20. The molecule has 1 aromatic heterocycles. The lowest BCUT2D eigenvalue weighted by Gasteiger charge is -2.02. The molecular weight excluding hydrogens is 311 g/mol. The summed E-state index contributed by atoms with van der Waals surface area (Å²) in [5, 5.41) is 0. The van der Waals surface area contributed by atoms with E-state index >= 15 is 0 Å². The number of hydrogen-bond donors (Lipinski definition) is 0. The Bertz CT molecular complexity index is 920. The fraction of sp³-hybridized carbons (Fsp3) is 0. The summed E-state index contributed by atoms with van der Waals surface area (Å²) in [6.07, 6.45) is 0. The average Bonchev–Trinajstić information content (AvgIpc) is 2.69. The topological polar surface area (TPSA) is 11.3 Å². The lowest BCUT2D eigenvalue weighted by molar-refractivity contribution is 0.582. The maximum Gasteiger partial charge on any atom is 0.361 e. The number of hydrogen-bond acceptors (Lipinski definition) is 0. The van der Waals surface area contributed by atoms with Gasteiger partial charge in [-0.25, -0.2) is 8.81 Å². The van der Waals surface area contributed by atoms with Crippen LogP contribution in [0.25, 0.3) is 33.8 Å². The van der Waals surface area contributed by atoms with E-state index in [0.29, 0.717) is 0 Å². The van der Waals surface area contributed by atoms with Crippen LogP contribution >= 0.6 is 0 Å². The Balaban J connectivity index is 1.90. The molecule has 4 rings (SSSR count). The van der Waals surface area contributed by atoms with Gasteiger partial charge in [0, 0.05) is 5.56 Å². The Morgan fingerprint density at radius 2 is 0.960 bits per heavy atom. The summed E-state index contributed by atoms with van der Waals surface area (Å²) in [6.45, 7) is 0. The summed E-state index contributed by atoms with van der Waals surface area (Å²) >= 11 is 0. The molecule has 4 aromatic rings. The van der Waals surface area contributed by atoms with Crippen LogP contribution in [0.4, 0.5) is 4.39 Å². The second kappa shape index (κ2) is 6.70. The summed E-state index contributed by atoms with van der Waals surface area (Å²) in [5.41, 5.74) is 3.95. The van der Waals surface area contributed by atoms with Gasteiger partial charge in [0.2, 0.25) is 0 Å². The molecule has 0 saturated carbocycles. The molecule has 120 valence electrons. The van der Waals surface area contributed by atoms with Crippen molar-refractivity contribution in [3.05, 3.63) is 103 Å². The average molecular weight is 327 g/mol. The number of rotatable bonds is 3. The van der Waals surface area contributed by atoms with Gasteiger partial charge >= 0.3 is 11.5 Å². The van der Waals surface area contributed by atoms with E-state index < -0.39 is 0 Å². The highest BCUT2D eigenvalue weighted by molar-refractivity contribution is 5.74. The SMILES string of the molecule is Fc1ccc(-c2cc(-c3ccccc3)[o+]c(-c3ccccc3)c2)cc1. The van der Waals surface area contributed by atoms with Crippen LogP contribution in [-0.2, 0) is 0 Å². The largest absolute Gasteiger partial charge is 0.361 e. The Kier molecular flexibility index (Phi) is 4.09.